The van der Waals surface area contributed by atoms with Crippen LogP contribution in [0.3, 0.4) is 0 Å². The molecule has 0 radical (unpaired) electrons. The van der Waals surface area contributed by atoms with E-state index in [2.05, 4.69) is 17.2 Å². The second-order valence-electron chi connectivity index (χ2n) is 5.78. The van der Waals surface area contributed by atoms with E-state index in [1.165, 1.54) is 0 Å². The second kappa shape index (κ2) is 8.34. The molecule has 1 aromatic carbocycles. The van der Waals surface area contributed by atoms with Crippen molar-refractivity contribution in [2.75, 3.05) is 13.2 Å². The highest BCUT2D eigenvalue weighted by Crippen LogP contribution is 2.18. The van der Waals surface area contributed by atoms with E-state index in [0.717, 1.165) is 29.0 Å². The van der Waals surface area contributed by atoms with Gasteiger partial charge < -0.3 is 15.0 Å². The van der Waals surface area contributed by atoms with Gasteiger partial charge in [0.2, 0.25) is 0 Å². The molecule has 0 atom stereocenters. The van der Waals surface area contributed by atoms with Crippen molar-refractivity contribution in [3.8, 4) is 5.75 Å². The number of H-pyrrole nitrogens is 1. The number of pyridine rings is 1. The van der Waals surface area contributed by atoms with E-state index in [0.29, 0.717) is 19.6 Å². The zero-order valence-corrected chi connectivity index (χ0v) is 14.4. The van der Waals surface area contributed by atoms with Gasteiger partial charge in [0, 0.05) is 12.2 Å². The van der Waals surface area contributed by atoms with E-state index in [1.54, 1.807) is 6.07 Å². The topological polar surface area (TPSA) is 71.2 Å². The molecule has 0 unspecified atom stereocenters. The zero-order chi connectivity index (χ0) is 17.5. The number of nitrogens with one attached hydrogen (secondary N) is 2. The van der Waals surface area contributed by atoms with E-state index in [-0.39, 0.29) is 17.0 Å². The fourth-order valence-electron chi connectivity index (χ4n) is 2.36. The molecule has 2 aromatic rings. The maximum absolute atomic E-state index is 12.2. The van der Waals surface area contributed by atoms with Crippen molar-refractivity contribution in [2.45, 2.75) is 33.6 Å². The number of para-hydroxylation sites is 1. The Balaban J connectivity index is 1.99. The predicted octanol–water partition coefficient (Wildman–Crippen LogP) is 2.75. The van der Waals surface area contributed by atoms with Gasteiger partial charge in [0.25, 0.3) is 11.5 Å². The number of carbonyl (C=O) groups excluding carboxylic acids is 1. The van der Waals surface area contributed by atoms with E-state index >= 15 is 0 Å². The van der Waals surface area contributed by atoms with Gasteiger partial charge in [-0.3, -0.25) is 9.59 Å². The molecule has 1 amide bonds. The highest BCUT2D eigenvalue weighted by Gasteiger charge is 2.12. The number of amides is 1. The summed E-state index contributed by atoms with van der Waals surface area (Å²) in [5, 5.41) is 2.80. The van der Waals surface area contributed by atoms with Crippen LogP contribution in [-0.4, -0.2) is 24.0 Å². The Bertz CT molecular complexity index is 765. The number of hydrogen-bond donors (Lipinski definition) is 2. The summed E-state index contributed by atoms with van der Waals surface area (Å²) in [5.74, 6) is 0.490. The molecule has 0 aliphatic rings. The quantitative estimate of drug-likeness (QED) is 0.821. The number of aromatic amines is 1. The van der Waals surface area contributed by atoms with Gasteiger partial charge in [-0.2, -0.15) is 0 Å². The van der Waals surface area contributed by atoms with E-state index in [9.17, 15) is 9.59 Å². The Morgan fingerprint density at radius 1 is 1.25 bits per heavy atom. The molecule has 128 valence electrons. The van der Waals surface area contributed by atoms with Crippen LogP contribution in [0, 0.1) is 13.8 Å². The number of carbonyl (C=O) groups is 1. The van der Waals surface area contributed by atoms with Crippen molar-refractivity contribution in [3.63, 3.8) is 0 Å². The van der Waals surface area contributed by atoms with Gasteiger partial charge in [0.05, 0.1) is 6.61 Å². The molecule has 2 rings (SSSR count). The van der Waals surface area contributed by atoms with Crippen LogP contribution >= 0.6 is 0 Å². The smallest absolute Gasteiger partial charge is 0.261 e. The van der Waals surface area contributed by atoms with Gasteiger partial charge in [-0.25, -0.2) is 0 Å². The molecule has 0 bridgehead atoms. The highest BCUT2D eigenvalue weighted by atomic mass is 16.5. The molecule has 1 heterocycles. The monoisotopic (exact) mass is 328 g/mol. The first kappa shape index (κ1) is 17.8. The third-order valence-electron chi connectivity index (χ3n) is 3.86. The van der Waals surface area contributed by atoms with Crippen molar-refractivity contribution < 1.29 is 9.53 Å². The predicted molar refractivity (Wildman–Crippen MR) is 94.8 cm³/mol. The highest BCUT2D eigenvalue weighted by molar-refractivity contribution is 5.94. The lowest BCUT2D eigenvalue weighted by molar-refractivity contribution is 0.0952. The summed E-state index contributed by atoms with van der Waals surface area (Å²) in [6, 6.07) is 9.42. The van der Waals surface area contributed by atoms with Crippen LogP contribution in [-0.2, 0) is 6.42 Å². The molecular formula is C19H24N2O3. The van der Waals surface area contributed by atoms with E-state index in [1.807, 2.05) is 38.1 Å². The second-order valence-corrected chi connectivity index (χ2v) is 5.78. The summed E-state index contributed by atoms with van der Waals surface area (Å²) in [6.45, 7) is 6.85. The summed E-state index contributed by atoms with van der Waals surface area (Å²) in [7, 11) is 0. The Hall–Kier alpha value is -2.56. The summed E-state index contributed by atoms with van der Waals surface area (Å²) < 4.78 is 5.71. The maximum Gasteiger partial charge on any atom is 0.261 e. The van der Waals surface area contributed by atoms with Crippen LogP contribution in [0.1, 0.15) is 40.5 Å². The zero-order valence-electron chi connectivity index (χ0n) is 14.4. The Kier molecular flexibility index (Phi) is 6.18. The Morgan fingerprint density at radius 2 is 2.00 bits per heavy atom. The number of benzene rings is 1. The van der Waals surface area contributed by atoms with Crippen LogP contribution in [0.2, 0.25) is 0 Å². The number of ether oxygens (including phenoxy) is 1. The summed E-state index contributed by atoms with van der Waals surface area (Å²) >= 11 is 0. The van der Waals surface area contributed by atoms with Crippen LogP contribution < -0.4 is 15.6 Å². The maximum atomic E-state index is 12.2. The van der Waals surface area contributed by atoms with Gasteiger partial charge in [0.15, 0.2) is 0 Å². The lowest BCUT2D eigenvalue weighted by Gasteiger charge is -2.11. The molecule has 0 saturated carbocycles. The summed E-state index contributed by atoms with van der Waals surface area (Å²) in [6.07, 6.45) is 1.59. The van der Waals surface area contributed by atoms with Gasteiger partial charge in [0.1, 0.15) is 11.3 Å². The van der Waals surface area contributed by atoms with Gasteiger partial charge in [-0.05, 0) is 49.9 Å². The molecule has 0 saturated heterocycles. The SMILES string of the molecule is CCCOc1ccccc1CCNC(=O)c1cc(C)c(C)[nH]c1=O. The van der Waals surface area contributed by atoms with Crippen molar-refractivity contribution in [3.05, 3.63) is 63.1 Å². The average Bonchev–Trinajstić information content (AvgIpc) is 2.57. The molecule has 2 N–H and O–H groups in total. The van der Waals surface area contributed by atoms with Gasteiger partial charge in [-0.1, -0.05) is 25.1 Å². The number of aromatic nitrogens is 1. The molecule has 0 aliphatic carbocycles. The van der Waals surface area contributed by atoms with Crippen molar-refractivity contribution >= 4 is 5.91 Å². The molecule has 24 heavy (non-hydrogen) atoms. The van der Waals surface area contributed by atoms with Crippen molar-refractivity contribution in [2.24, 2.45) is 0 Å². The minimum absolute atomic E-state index is 0.147. The molecule has 0 aliphatic heterocycles. The first-order valence-corrected chi connectivity index (χ1v) is 8.22. The van der Waals surface area contributed by atoms with Crippen LogP contribution in [0.4, 0.5) is 0 Å². The van der Waals surface area contributed by atoms with E-state index in [4.69, 9.17) is 4.74 Å². The first-order valence-electron chi connectivity index (χ1n) is 8.22. The van der Waals surface area contributed by atoms with Gasteiger partial charge in [-0.15, -0.1) is 0 Å². The normalized spacial score (nSPS) is 10.5. The molecular weight excluding hydrogens is 304 g/mol. The number of hydrogen-bond acceptors (Lipinski definition) is 3. The third-order valence-corrected chi connectivity index (χ3v) is 3.86. The number of aryl methyl sites for hydroxylation is 2. The average molecular weight is 328 g/mol. The first-order chi connectivity index (χ1) is 11.5. The van der Waals surface area contributed by atoms with Crippen LogP contribution in [0.15, 0.2) is 35.1 Å². The molecule has 0 fully saturated rings. The lowest BCUT2D eigenvalue weighted by Crippen LogP contribution is -2.31. The minimum Gasteiger partial charge on any atom is -0.493 e. The van der Waals surface area contributed by atoms with E-state index < -0.39 is 0 Å². The van der Waals surface area contributed by atoms with Crippen molar-refractivity contribution in [1.82, 2.24) is 10.3 Å². The van der Waals surface area contributed by atoms with Crippen LogP contribution in [0.5, 0.6) is 5.75 Å². The standard InChI is InChI=1S/C19H24N2O3/c1-4-11-24-17-8-6-5-7-15(17)9-10-20-18(22)16-12-13(2)14(3)21-19(16)23/h5-8,12H,4,9-11H2,1-3H3,(H,20,22)(H,21,23). The fraction of sp³-hybridized carbons (Fsp3) is 0.368. The Labute approximate surface area is 142 Å². The summed E-state index contributed by atoms with van der Waals surface area (Å²) in [4.78, 5) is 26.8. The van der Waals surface area contributed by atoms with Crippen LogP contribution in [0.25, 0.3) is 0 Å². The molecule has 1 aromatic heterocycles. The molecule has 5 nitrogen and oxygen atoms in total. The Morgan fingerprint density at radius 3 is 2.75 bits per heavy atom. The fourth-order valence-corrected chi connectivity index (χ4v) is 2.36. The summed E-state index contributed by atoms with van der Waals surface area (Å²) in [5.41, 5.74) is 2.49. The van der Waals surface area contributed by atoms with Crippen molar-refractivity contribution in [1.29, 1.82) is 0 Å². The molecule has 0 spiro atoms. The lowest BCUT2D eigenvalue weighted by atomic mass is 10.1. The number of rotatable bonds is 7. The molecule has 5 heteroatoms. The van der Waals surface area contributed by atoms with Gasteiger partial charge >= 0.3 is 0 Å². The third kappa shape index (κ3) is 4.47. The largest absolute Gasteiger partial charge is 0.493 e. The minimum atomic E-state index is -0.359.